The summed E-state index contributed by atoms with van der Waals surface area (Å²) in [6.45, 7) is 0.295. The van der Waals surface area contributed by atoms with Gasteiger partial charge in [-0.05, 0) is 48.4 Å². The number of carbonyl (C=O) groups is 1. The number of carbonyl (C=O) groups excluding carboxylic acids is 1. The molecule has 3 rings (SSSR count). The number of benzene rings is 2. The Morgan fingerprint density at radius 1 is 1.04 bits per heavy atom. The minimum Gasteiger partial charge on any atom is -0.497 e. The van der Waals surface area contributed by atoms with Crippen molar-refractivity contribution in [1.29, 1.82) is 0 Å². The number of ether oxygens (including phenoxy) is 2. The van der Waals surface area contributed by atoms with Gasteiger partial charge in [0.05, 0.1) is 13.3 Å². The quantitative estimate of drug-likeness (QED) is 0.452. The van der Waals surface area contributed by atoms with Crippen molar-refractivity contribution < 1.29 is 18.7 Å². The summed E-state index contributed by atoms with van der Waals surface area (Å²) in [4.78, 5) is 11.8. The Hall–Kier alpha value is -3.54. The van der Waals surface area contributed by atoms with Crippen molar-refractivity contribution >= 4 is 12.1 Å². The fraction of sp³-hybridized carbons (Fsp3) is 0.182. The molecular formula is C22H22N2O4. The zero-order chi connectivity index (χ0) is 19.6. The maximum atomic E-state index is 11.8. The summed E-state index contributed by atoms with van der Waals surface area (Å²) in [5.74, 6) is 2.55. The van der Waals surface area contributed by atoms with Crippen LogP contribution in [0.2, 0.25) is 0 Å². The van der Waals surface area contributed by atoms with Gasteiger partial charge in [0, 0.05) is 6.42 Å². The van der Waals surface area contributed by atoms with E-state index >= 15 is 0 Å². The molecule has 6 heteroatoms. The highest BCUT2D eigenvalue weighted by atomic mass is 16.5. The molecule has 28 heavy (non-hydrogen) atoms. The Bertz CT molecular complexity index is 902. The van der Waals surface area contributed by atoms with Gasteiger partial charge >= 0.3 is 0 Å². The van der Waals surface area contributed by atoms with Crippen molar-refractivity contribution in [3.05, 3.63) is 83.8 Å². The second-order valence-corrected chi connectivity index (χ2v) is 6.05. The average molecular weight is 378 g/mol. The first-order valence-electron chi connectivity index (χ1n) is 8.94. The molecule has 1 N–H and O–H groups in total. The van der Waals surface area contributed by atoms with E-state index in [9.17, 15) is 4.79 Å². The van der Waals surface area contributed by atoms with E-state index < -0.39 is 0 Å². The van der Waals surface area contributed by atoms with Crippen LogP contribution >= 0.6 is 0 Å². The van der Waals surface area contributed by atoms with E-state index in [0.717, 1.165) is 17.1 Å². The summed E-state index contributed by atoms with van der Waals surface area (Å²) in [6.07, 6.45) is 2.52. The molecule has 1 aromatic heterocycles. The normalized spacial score (nSPS) is 10.8. The van der Waals surface area contributed by atoms with E-state index in [1.54, 1.807) is 13.2 Å². The lowest BCUT2D eigenvalue weighted by Crippen LogP contribution is -2.17. The summed E-state index contributed by atoms with van der Waals surface area (Å²) < 4.78 is 16.4. The molecule has 144 valence electrons. The summed E-state index contributed by atoms with van der Waals surface area (Å²) in [5.41, 5.74) is 3.63. The van der Waals surface area contributed by atoms with Crippen LogP contribution in [0.3, 0.4) is 0 Å². The zero-order valence-corrected chi connectivity index (χ0v) is 15.6. The highest BCUT2D eigenvalue weighted by Gasteiger charge is 2.03. The van der Waals surface area contributed by atoms with Gasteiger partial charge in [-0.3, -0.25) is 4.79 Å². The summed E-state index contributed by atoms with van der Waals surface area (Å²) in [7, 11) is 1.62. The largest absolute Gasteiger partial charge is 0.497 e. The standard InChI is InChI=1S/C22H22N2O4/c1-26-18-8-10-19(11-9-18)27-16-21-13-12-20(28-21)15-23-24-22(25)14-7-17-5-3-2-4-6-17/h2-6,8-13,15H,7,14,16H2,1H3,(H,24,25)/b23-15+. The molecule has 0 radical (unpaired) electrons. The number of rotatable bonds is 9. The Morgan fingerprint density at radius 3 is 2.54 bits per heavy atom. The Kier molecular flexibility index (Phi) is 6.84. The molecule has 0 bridgehead atoms. The first kappa shape index (κ1) is 19.2. The number of amides is 1. The average Bonchev–Trinajstić information content (AvgIpc) is 3.19. The molecule has 0 fully saturated rings. The molecule has 2 aromatic carbocycles. The molecule has 0 aliphatic heterocycles. The van der Waals surface area contributed by atoms with Crippen LogP contribution in [0, 0.1) is 0 Å². The van der Waals surface area contributed by atoms with Crippen molar-refractivity contribution in [2.75, 3.05) is 7.11 Å². The number of aryl methyl sites for hydroxylation is 1. The fourth-order valence-corrected chi connectivity index (χ4v) is 2.49. The maximum Gasteiger partial charge on any atom is 0.240 e. The molecule has 0 aliphatic rings. The third kappa shape index (κ3) is 6.02. The highest BCUT2D eigenvalue weighted by molar-refractivity contribution is 5.80. The van der Waals surface area contributed by atoms with E-state index in [-0.39, 0.29) is 5.91 Å². The predicted molar refractivity (Wildman–Crippen MR) is 107 cm³/mol. The van der Waals surface area contributed by atoms with Crippen molar-refractivity contribution in [1.82, 2.24) is 5.43 Å². The van der Waals surface area contributed by atoms with Crippen molar-refractivity contribution in [2.24, 2.45) is 5.10 Å². The van der Waals surface area contributed by atoms with Crippen LogP contribution in [0.4, 0.5) is 0 Å². The lowest BCUT2D eigenvalue weighted by atomic mass is 10.1. The zero-order valence-electron chi connectivity index (χ0n) is 15.6. The van der Waals surface area contributed by atoms with Crippen molar-refractivity contribution in [2.45, 2.75) is 19.4 Å². The molecule has 0 aliphatic carbocycles. The number of nitrogens with one attached hydrogen (secondary N) is 1. The topological polar surface area (TPSA) is 73.1 Å². The number of methoxy groups -OCH3 is 1. The first-order valence-corrected chi connectivity index (χ1v) is 8.94. The van der Waals surface area contributed by atoms with Crippen LogP contribution < -0.4 is 14.9 Å². The molecule has 0 atom stereocenters. The third-order valence-corrected chi connectivity index (χ3v) is 3.99. The lowest BCUT2D eigenvalue weighted by molar-refractivity contribution is -0.121. The van der Waals surface area contributed by atoms with Gasteiger partial charge in [-0.2, -0.15) is 5.10 Å². The second kappa shape index (κ2) is 9.97. The van der Waals surface area contributed by atoms with Gasteiger partial charge in [0.2, 0.25) is 5.91 Å². The van der Waals surface area contributed by atoms with E-state index in [4.69, 9.17) is 13.9 Å². The van der Waals surface area contributed by atoms with E-state index in [2.05, 4.69) is 10.5 Å². The van der Waals surface area contributed by atoms with Crippen LogP contribution in [-0.2, 0) is 17.8 Å². The molecule has 1 amide bonds. The first-order chi connectivity index (χ1) is 13.7. The highest BCUT2D eigenvalue weighted by Crippen LogP contribution is 2.18. The molecule has 3 aromatic rings. The van der Waals surface area contributed by atoms with E-state index in [0.29, 0.717) is 31.0 Å². The minimum atomic E-state index is -0.144. The maximum absolute atomic E-state index is 11.8. The van der Waals surface area contributed by atoms with Gasteiger partial charge in [0.1, 0.15) is 29.6 Å². The summed E-state index contributed by atoms with van der Waals surface area (Å²) in [6, 6.07) is 20.7. The summed E-state index contributed by atoms with van der Waals surface area (Å²) >= 11 is 0. The molecule has 0 unspecified atom stereocenters. The van der Waals surface area contributed by atoms with Crippen molar-refractivity contribution in [3.63, 3.8) is 0 Å². The van der Waals surface area contributed by atoms with Crippen LogP contribution in [0.1, 0.15) is 23.5 Å². The monoisotopic (exact) mass is 378 g/mol. The SMILES string of the molecule is COc1ccc(OCc2ccc(/C=N/NC(=O)CCc3ccccc3)o2)cc1. The van der Waals surface area contributed by atoms with Gasteiger partial charge in [0.15, 0.2) is 0 Å². The number of hydrogen-bond acceptors (Lipinski definition) is 5. The van der Waals surface area contributed by atoms with Crippen LogP contribution in [0.15, 0.2) is 76.2 Å². The number of hydrazone groups is 1. The van der Waals surface area contributed by atoms with Gasteiger partial charge in [-0.15, -0.1) is 0 Å². The number of furan rings is 1. The van der Waals surface area contributed by atoms with Crippen LogP contribution in [-0.4, -0.2) is 19.2 Å². The summed E-state index contributed by atoms with van der Waals surface area (Å²) in [5, 5.41) is 3.93. The van der Waals surface area contributed by atoms with Crippen LogP contribution in [0.25, 0.3) is 0 Å². The van der Waals surface area contributed by atoms with E-state index in [1.807, 2.05) is 60.7 Å². The predicted octanol–water partition coefficient (Wildman–Crippen LogP) is 3.95. The number of nitrogens with zero attached hydrogens (tertiary/aromatic N) is 1. The Morgan fingerprint density at radius 2 is 1.79 bits per heavy atom. The van der Waals surface area contributed by atoms with Gasteiger partial charge in [-0.1, -0.05) is 30.3 Å². The fourth-order valence-electron chi connectivity index (χ4n) is 2.49. The molecular weight excluding hydrogens is 356 g/mol. The minimum absolute atomic E-state index is 0.144. The second-order valence-electron chi connectivity index (χ2n) is 6.05. The van der Waals surface area contributed by atoms with Gasteiger partial charge in [-0.25, -0.2) is 5.43 Å². The Balaban J connectivity index is 1.41. The number of hydrogen-bond donors (Lipinski definition) is 1. The van der Waals surface area contributed by atoms with E-state index in [1.165, 1.54) is 6.21 Å². The molecule has 1 heterocycles. The molecule has 6 nitrogen and oxygen atoms in total. The van der Waals surface area contributed by atoms with Crippen LogP contribution in [0.5, 0.6) is 11.5 Å². The molecule has 0 saturated heterocycles. The molecule has 0 spiro atoms. The molecule has 0 saturated carbocycles. The van der Waals surface area contributed by atoms with Gasteiger partial charge < -0.3 is 13.9 Å². The smallest absolute Gasteiger partial charge is 0.240 e. The Labute approximate surface area is 163 Å². The van der Waals surface area contributed by atoms with Gasteiger partial charge in [0.25, 0.3) is 0 Å². The van der Waals surface area contributed by atoms with Crippen molar-refractivity contribution in [3.8, 4) is 11.5 Å². The third-order valence-electron chi connectivity index (χ3n) is 3.99. The lowest BCUT2D eigenvalue weighted by Gasteiger charge is -2.05.